The second-order valence-corrected chi connectivity index (χ2v) is 5.03. The predicted octanol–water partition coefficient (Wildman–Crippen LogP) is 3.61. The Kier molecular flexibility index (Phi) is 3.20. The van der Waals surface area contributed by atoms with E-state index in [1.165, 1.54) is 11.1 Å². The molecule has 1 aromatic carbocycles. The van der Waals surface area contributed by atoms with Gasteiger partial charge >= 0.3 is 0 Å². The normalized spacial score (nSPS) is 10.7. The zero-order valence-corrected chi connectivity index (χ0v) is 12.1. The van der Waals surface area contributed by atoms with Gasteiger partial charge in [-0.05, 0) is 55.4 Å². The fourth-order valence-electron chi connectivity index (χ4n) is 2.19. The molecule has 0 saturated heterocycles. The smallest absolute Gasteiger partial charge is 0.200 e. The summed E-state index contributed by atoms with van der Waals surface area (Å²) in [6.45, 7) is 4.18. The van der Waals surface area contributed by atoms with Crippen molar-refractivity contribution >= 4 is 12.2 Å². The topological polar surface area (TPSA) is 46.5 Å². The van der Waals surface area contributed by atoms with Crippen molar-refractivity contribution in [2.75, 3.05) is 0 Å². The van der Waals surface area contributed by atoms with E-state index in [0.717, 1.165) is 17.1 Å². The second-order valence-electron chi connectivity index (χ2n) is 4.64. The van der Waals surface area contributed by atoms with Gasteiger partial charge in [0.15, 0.2) is 10.6 Å². The van der Waals surface area contributed by atoms with Gasteiger partial charge in [-0.15, -0.1) is 0 Å². The highest BCUT2D eigenvalue weighted by molar-refractivity contribution is 7.71. The van der Waals surface area contributed by atoms with Crippen molar-refractivity contribution in [2.24, 2.45) is 0 Å². The Hall–Kier alpha value is -2.27. The summed E-state index contributed by atoms with van der Waals surface area (Å²) in [7, 11) is 0. The van der Waals surface area contributed by atoms with Crippen LogP contribution in [0.2, 0.25) is 0 Å². The molecule has 2 aromatic heterocycles. The van der Waals surface area contributed by atoms with Crippen LogP contribution in [0.4, 0.5) is 0 Å². The molecule has 0 fully saturated rings. The Bertz CT molecular complexity index is 802. The summed E-state index contributed by atoms with van der Waals surface area (Å²) in [6, 6.07) is 10.0. The monoisotopic (exact) mass is 282 g/mol. The summed E-state index contributed by atoms with van der Waals surface area (Å²) >= 11 is 5.39. The summed E-state index contributed by atoms with van der Waals surface area (Å²) in [5.74, 6) is 0.797. The van der Waals surface area contributed by atoms with E-state index in [1.54, 1.807) is 12.4 Å². The van der Waals surface area contributed by atoms with Gasteiger partial charge in [0.2, 0.25) is 0 Å². The molecule has 100 valence electrons. The average Bonchev–Trinajstić information content (AvgIpc) is 2.85. The van der Waals surface area contributed by atoms with E-state index in [-0.39, 0.29) is 0 Å². The average molecular weight is 282 g/mol. The van der Waals surface area contributed by atoms with Gasteiger partial charge in [0.05, 0.1) is 5.69 Å². The van der Waals surface area contributed by atoms with Crippen LogP contribution in [0.5, 0.6) is 0 Å². The number of nitrogens with zero attached hydrogens (tertiary/aromatic N) is 3. The minimum atomic E-state index is 0.588. The lowest BCUT2D eigenvalue weighted by molar-refractivity contribution is 1.02. The summed E-state index contributed by atoms with van der Waals surface area (Å²) in [6.07, 6.45) is 3.50. The maximum Gasteiger partial charge on any atom is 0.200 e. The number of rotatable bonds is 2. The third-order valence-electron chi connectivity index (χ3n) is 3.43. The lowest BCUT2D eigenvalue weighted by atomic mass is 10.1. The number of benzene rings is 1. The molecule has 20 heavy (non-hydrogen) atoms. The van der Waals surface area contributed by atoms with Crippen LogP contribution in [0.3, 0.4) is 0 Å². The standard InChI is InChI=1S/C15H14N4S/c1-10-4-3-5-13(11(10)2)19-14(17-18-15(19)20)12-6-8-16-9-7-12/h3-9H,1-2H3,(H,18,20). The third kappa shape index (κ3) is 2.06. The number of hydrogen-bond acceptors (Lipinski definition) is 3. The third-order valence-corrected chi connectivity index (χ3v) is 3.70. The predicted molar refractivity (Wildman–Crippen MR) is 81.5 cm³/mol. The highest BCUT2D eigenvalue weighted by atomic mass is 32.1. The Balaban J connectivity index is 2.28. The van der Waals surface area contributed by atoms with Crippen LogP contribution >= 0.6 is 12.2 Å². The van der Waals surface area contributed by atoms with Gasteiger partial charge < -0.3 is 0 Å². The summed E-state index contributed by atoms with van der Waals surface area (Å²) < 4.78 is 2.55. The number of aromatic nitrogens is 4. The lowest BCUT2D eigenvalue weighted by Gasteiger charge is -2.11. The minimum Gasteiger partial charge on any atom is -0.268 e. The SMILES string of the molecule is Cc1cccc(-n2c(-c3ccncc3)n[nH]c2=S)c1C. The highest BCUT2D eigenvalue weighted by Gasteiger charge is 2.12. The van der Waals surface area contributed by atoms with Crippen LogP contribution < -0.4 is 0 Å². The summed E-state index contributed by atoms with van der Waals surface area (Å²) in [5.41, 5.74) is 4.45. The summed E-state index contributed by atoms with van der Waals surface area (Å²) in [5, 5.41) is 7.23. The molecular formula is C15H14N4S. The van der Waals surface area contributed by atoms with Crippen LogP contribution in [-0.4, -0.2) is 19.7 Å². The van der Waals surface area contributed by atoms with E-state index < -0.39 is 0 Å². The van der Waals surface area contributed by atoms with Crippen LogP contribution in [0.15, 0.2) is 42.7 Å². The Morgan fingerprint density at radius 1 is 1.10 bits per heavy atom. The maximum atomic E-state index is 5.39. The molecule has 0 bridgehead atoms. The molecule has 0 saturated carbocycles. The molecule has 0 radical (unpaired) electrons. The maximum absolute atomic E-state index is 5.39. The first-order chi connectivity index (χ1) is 9.68. The Morgan fingerprint density at radius 3 is 2.60 bits per heavy atom. The zero-order chi connectivity index (χ0) is 14.1. The molecule has 3 aromatic rings. The van der Waals surface area contributed by atoms with Crippen molar-refractivity contribution in [3.63, 3.8) is 0 Å². The fraction of sp³-hybridized carbons (Fsp3) is 0.133. The Morgan fingerprint density at radius 2 is 1.85 bits per heavy atom. The first-order valence-corrected chi connectivity index (χ1v) is 6.73. The number of pyridine rings is 1. The van der Waals surface area contributed by atoms with Crippen molar-refractivity contribution in [3.05, 3.63) is 58.6 Å². The molecule has 0 spiro atoms. The Labute approximate surface area is 122 Å². The number of aryl methyl sites for hydroxylation is 1. The molecule has 0 aliphatic heterocycles. The fourth-order valence-corrected chi connectivity index (χ4v) is 2.42. The van der Waals surface area contributed by atoms with Crippen molar-refractivity contribution in [3.8, 4) is 17.1 Å². The molecule has 4 nitrogen and oxygen atoms in total. The molecule has 0 unspecified atom stereocenters. The van der Waals surface area contributed by atoms with Crippen LogP contribution in [-0.2, 0) is 0 Å². The first-order valence-electron chi connectivity index (χ1n) is 6.33. The van der Waals surface area contributed by atoms with Crippen LogP contribution in [0, 0.1) is 18.6 Å². The minimum absolute atomic E-state index is 0.588. The van der Waals surface area contributed by atoms with E-state index in [0.29, 0.717) is 4.77 Å². The van der Waals surface area contributed by atoms with Crippen molar-refractivity contribution in [1.29, 1.82) is 0 Å². The molecular weight excluding hydrogens is 268 g/mol. The number of aromatic amines is 1. The van der Waals surface area contributed by atoms with E-state index in [4.69, 9.17) is 12.2 Å². The van der Waals surface area contributed by atoms with Crippen molar-refractivity contribution in [2.45, 2.75) is 13.8 Å². The van der Waals surface area contributed by atoms with Crippen LogP contribution in [0.25, 0.3) is 17.1 Å². The quantitative estimate of drug-likeness (QED) is 0.730. The molecule has 0 amide bonds. The number of nitrogens with one attached hydrogen (secondary N) is 1. The first kappa shape index (κ1) is 12.7. The molecule has 0 atom stereocenters. The number of H-pyrrole nitrogens is 1. The molecule has 5 heteroatoms. The molecule has 2 heterocycles. The molecule has 1 N–H and O–H groups in total. The highest BCUT2D eigenvalue weighted by Crippen LogP contribution is 2.24. The largest absolute Gasteiger partial charge is 0.268 e. The van der Waals surface area contributed by atoms with Gasteiger partial charge in [-0.25, -0.2) is 0 Å². The van der Waals surface area contributed by atoms with Crippen molar-refractivity contribution < 1.29 is 0 Å². The van der Waals surface area contributed by atoms with Crippen molar-refractivity contribution in [1.82, 2.24) is 19.7 Å². The van der Waals surface area contributed by atoms with E-state index >= 15 is 0 Å². The lowest BCUT2D eigenvalue weighted by Crippen LogP contribution is -2.01. The molecule has 3 rings (SSSR count). The van der Waals surface area contributed by atoms with Gasteiger partial charge in [0.1, 0.15) is 0 Å². The zero-order valence-electron chi connectivity index (χ0n) is 11.3. The molecule has 0 aliphatic carbocycles. The second kappa shape index (κ2) is 5.02. The van der Waals surface area contributed by atoms with Gasteiger partial charge in [-0.3, -0.25) is 14.6 Å². The van der Waals surface area contributed by atoms with Gasteiger partial charge in [0, 0.05) is 18.0 Å². The van der Waals surface area contributed by atoms with Gasteiger partial charge in [0.25, 0.3) is 0 Å². The summed E-state index contributed by atoms with van der Waals surface area (Å²) in [4.78, 5) is 4.04. The van der Waals surface area contributed by atoms with E-state index in [2.05, 4.69) is 41.2 Å². The van der Waals surface area contributed by atoms with Crippen LogP contribution in [0.1, 0.15) is 11.1 Å². The van der Waals surface area contributed by atoms with E-state index in [9.17, 15) is 0 Å². The van der Waals surface area contributed by atoms with Gasteiger partial charge in [-0.1, -0.05) is 12.1 Å². The van der Waals surface area contributed by atoms with E-state index in [1.807, 2.05) is 22.8 Å². The number of hydrogen-bond donors (Lipinski definition) is 1. The van der Waals surface area contributed by atoms with Gasteiger partial charge in [-0.2, -0.15) is 5.10 Å². The molecule has 0 aliphatic rings.